The van der Waals surface area contributed by atoms with Gasteiger partial charge in [0.1, 0.15) is 5.82 Å². The molecule has 166 valence electrons. The number of benzene rings is 1. The van der Waals surface area contributed by atoms with Crippen LogP contribution in [0.4, 0.5) is 10.1 Å². The van der Waals surface area contributed by atoms with E-state index in [1.807, 2.05) is 30.2 Å². The van der Waals surface area contributed by atoms with Gasteiger partial charge in [0, 0.05) is 43.7 Å². The van der Waals surface area contributed by atoms with Gasteiger partial charge < -0.3 is 20.6 Å². The lowest BCUT2D eigenvalue weighted by molar-refractivity contribution is 0.145. The van der Waals surface area contributed by atoms with Crippen LogP contribution in [0.1, 0.15) is 35.2 Å². The van der Waals surface area contributed by atoms with Crippen LogP contribution in [0.2, 0.25) is 0 Å². The number of thiazole rings is 1. The Morgan fingerprint density at radius 1 is 1.33 bits per heavy atom. The zero-order chi connectivity index (χ0) is 20.6. The summed E-state index contributed by atoms with van der Waals surface area (Å²) >= 11 is 1.71. The van der Waals surface area contributed by atoms with Crippen LogP contribution in [-0.4, -0.2) is 48.3 Å². The van der Waals surface area contributed by atoms with E-state index < -0.39 is 0 Å². The van der Waals surface area contributed by atoms with Gasteiger partial charge in [0.15, 0.2) is 5.96 Å². The van der Waals surface area contributed by atoms with Crippen LogP contribution in [0, 0.1) is 12.7 Å². The van der Waals surface area contributed by atoms with Crippen molar-refractivity contribution in [1.82, 2.24) is 15.6 Å². The topological polar surface area (TPSA) is 72.8 Å². The van der Waals surface area contributed by atoms with Gasteiger partial charge in [-0.2, -0.15) is 0 Å². The Kier molecular flexibility index (Phi) is 10.3. The minimum atomic E-state index is -0.264. The number of rotatable bonds is 7. The molecule has 2 heterocycles. The first-order valence-corrected chi connectivity index (χ1v) is 11.0. The summed E-state index contributed by atoms with van der Waals surface area (Å²) in [5, 5.41) is 17.3. The predicted octanol–water partition coefficient (Wildman–Crippen LogP) is 3.47. The first kappa shape index (κ1) is 24.8. The third kappa shape index (κ3) is 7.35. The fraction of sp³-hybridized carbons (Fsp3) is 0.524. The highest BCUT2D eigenvalue weighted by atomic mass is 127. The first-order valence-electron chi connectivity index (χ1n) is 10.2. The van der Waals surface area contributed by atoms with E-state index in [0.717, 1.165) is 36.0 Å². The Balaban J connectivity index is 0.00000320. The molecule has 0 radical (unpaired) electrons. The van der Waals surface area contributed by atoms with E-state index in [0.29, 0.717) is 38.2 Å². The SMILES string of the molecule is CCNC(=NCc1ccc(N2CCC(O)CC2)c(F)c1)NCCc1ncc(C)s1.I. The maximum Gasteiger partial charge on any atom is 0.191 e. The smallest absolute Gasteiger partial charge is 0.191 e. The maximum absolute atomic E-state index is 14.6. The molecule has 0 saturated carbocycles. The molecule has 1 saturated heterocycles. The number of aromatic nitrogens is 1. The number of guanidine groups is 1. The fourth-order valence-electron chi connectivity index (χ4n) is 3.33. The zero-order valence-corrected chi connectivity index (χ0v) is 20.7. The maximum atomic E-state index is 14.6. The van der Waals surface area contributed by atoms with Gasteiger partial charge in [-0.1, -0.05) is 6.07 Å². The molecule has 0 spiro atoms. The molecule has 0 amide bonds. The normalized spacial score (nSPS) is 15.1. The third-order valence-corrected chi connectivity index (χ3v) is 5.85. The number of anilines is 1. The van der Waals surface area contributed by atoms with Gasteiger partial charge in [-0.25, -0.2) is 14.4 Å². The molecule has 0 unspecified atom stereocenters. The standard InChI is InChI=1S/C21H30FN5OS.HI/c1-3-23-21(24-9-6-20-25-13-15(2)29-20)26-14-16-4-5-19(18(22)12-16)27-10-7-17(28)8-11-27;/h4-5,12-13,17,28H,3,6-11,14H2,1-2H3,(H2,23,24,26);1H. The second-order valence-corrected chi connectivity index (χ2v) is 8.56. The van der Waals surface area contributed by atoms with Crippen LogP contribution in [0.15, 0.2) is 29.4 Å². The molecule has 1 aliphatic rings. The van der Waals surface area contributed by atoms with Gasteiger partial charge in [0.25, 0.3) is 0 Å². The van der Waals surface area contributed by atoms with Gasteiger partial charge in [-0.15, -0.1) is 35.3 Å². The minimum Gasteiger partial charge on any atom is -0.393 e. The second kappa shape index (κ2) is 12.4. The minimum absolute atomic E-state index is 0. The molecule has 1 aromatic carbocycles. The van der Waals surface area contributed by atoms with Crippen molar-refractivity contribution >= 4 is 47.0 Å². The van der Waals surface area contributed by atoms with E-state index in [-0.39, 0.29) is 35.9 Å². The van der Waals surface area contributed by atoms with E-state index >= 15 is 0 Å². The Hall–Kier alpha value is -1.46. The summed E-state index contributed by atoms with van der Waals surface area (Å²) in [7, 11) is 0. The summed E-state index contributed by atoms with van der Waals surface area (Å²) in [6.07, 6.45) is 3.84. The van der Waals surface area contributed by atoms with Crippen molar-refractivity contribution in [2.75, 3.05) is 31.1 Å². The summed E-state index contributed by atoms with van der Waals surface area (Å²) in [4.78, 5) is 12.2. The van der Waals surface area contributed by atoms with Gasteiger partial charge in [-0.05, 0) is 44.4 Å². The van der Waals surface area contributed by atoms with E-state index in [2.05, 4.69) is 27.5 Å². The number of hydrogen-bond donors (Lipinski definition) is 3. The van der Waals surface area contributed by atoms with Crippen molar-refractivity contribution in [3.63, 3.8) is 0 Å². The molecule has 2 aromatic rings. The number of piperidine rings is 1. The molecule has 3 N–H and O–H groups in total. The van der Waals surface area contributed by atoms with Crippen LogP contribution < -0.4 is 15.5 Å². The number of halogens is 2. The van der Waals surface area contributed by atoms with Gasteiger partial charge in [-0.3, -0.25) is 0 Å². The summed E-state index contributed by atoms with van der Waals surface area (Å²) in [6, 6.07) is 5.31. The predicted molar refractivity (Wildman–Crippen MR) is 133 cm³/mol. The highest BCUT2D eigenvalue weighted by molar-refractivity contribution is 14.0. The van der Waals surface area contributed by atoms with Crippen LogP contribution in [0.3, 0.4) is 0 Å². The Morgan fingerprint density at radius 3 is 2.73 bits per heavy atom. The summed E-state index contributed by atoms with van der Waals surface area (Å²) in [6.45, 7) is 7.35. The lowest BCUT2D eigenvalue weighted by Crippen LogP contribution is -2.38. The molecular weight excluding hydrogens is 516 g/mol. The number of aliphatic hydroxyl groups is 1. The van der Waals surface area contributed by atoms with Crippen molar-refractivity contribution in [2.24, 2.45) is 4.99 Å². The summed E-state index contributed by atoms with van der Waals surface area (Å²) < 4.78 is 14.6. The number of aliphatic imine (C=N–C) groups is 1. The fourth-order valence-corrected chi connectivity index (χ4v) is 4.12. The van der Waals surface area contributed by atoms with E-state index in [9.17, 15) is 9.50 Å². The first-order chi connectivity index (χ1) is 14.0. The van der Waals surface area contributed by atoms with Crippen LogP contribution in [0.25, 0.3) is 0 Å². The number of aryl methyl sites for hydroxylation is 1. The largest absolute Gasteiger partial charge is 0.393 e. The van der Waals surface area contributed by atoms with Crippen molar-refractivity contribution in [1.29, 1.82) is 0 Å². The zero-order valence-electron chi connectivity index (χ0n) is 17.5. The molecule has 1 aliphatic heterocycles. The Labute approximate surface area is 199 Å². The molecule has 1 fully saturated rings. The third-order valence-electron chi connectivity index (χ3n) is 4.88. The highest BCUT2D eigenvalue weighted by Gasteiger charge is 2.19. The number of nitrogens with one attached hydrogen (secondary N) is 2. The molecule has 30 heavy (non-hydrogen) atoms. The number of aliphatic hydroxyl groups excluding tert-OH is 1. The number of hydrogen-bond acceptors (Lipinski definition) is 5. The average molecular weight is 547 g/mol. The Morgan fingerprint density at radius 2 is 2.10 bits per heavy atom. The van der Waals surface area contributed by atoms with E-state index in [1.165, 1.54) is 4.88 Å². The molecular formula is C21H31FIN5OS. The molecule has 9 heteroatoms. The van der Waals surface area contributed by atoms with Gasteiger partial charge >= 0.3 is 0 Å². The molecule has 1 aromatic heterocycles. The lowest BCUT2D eigenvalue weighted by atomic mass is 10.1. The highest BCUT2D eigenvalue weighted by Crippen LogP contribution is 2.24. The molecule has 0 aliphatic carbocycles. The Bertz CT molecular complexity index is 823. The summed E-state index contributed by atoms with van der Waals surface area (Å²) in [5.74, 6) is 0.487. The summed E-state index contributed by atoms with van der Waals surface area (Å²) in [5.41, 5.74) is 1.43. The van der Waals surface area contributed by atoms with E-state index in [1.54, 1.807) is 17.4 Å². The number of nitrogens with zero attached hydrogens (tertiary/aromatic N) is 3. The molecule has 6 nitrogen and oxygen atoms in total. The van der Waals surface area contributed by atoms with Crippen LogP contribution >= 0.6 is 35.3 Å². The molecule has 0 atom stereocenters. The lowest BCUT2D eigenvalue weighted by Gasteiger charge is -2.31. The van der Waals surface area contributed by atoms with Gasteiger partial charge in [0.2, 0.25) is 0 Å². The van der Waals surface area contributed by atoms with Crippen LogP contribution in [-0.2, 0) is 13.0 Å². The van der Waals surface area contributed by atoms with Crippen molar-refractivity contribution in [3.05, 3.63) is 45.7 Å². The van der Waals surface area contributed by atoms with Crippen molar-refractivity contribution in [2.45, 2.75) is 45.8 Å². The van der Waals surface area contributed by atoms with Crippen molar-refractivity contribution in [3.8, 4) is 0 Å². The van der Waals surface area contributed by atoms with Gasteiger partial charge in [0.05, 0.1) is 23.3 Å². The molecule has 3 rings (SSSR count). The monoisotopic (exact) mass is 547 g/mol. The second-order valence-electron chi connectivity index (χ2n) is 7.24. The van der Waals surface area contributed by atoms with E-state index in [4.69, 9.17) is 0 Å². The molecule has 0 bridgehead atoms. The van der Waals surface area contributed by atoms with Crippen LogP contribution in [0.5, 0.6) is 0 Å². The quantitative estimate of drug-likeness (QED) is 0.282. The average Bonchev–Trinajstić information content (AvgIpc) is 3.12. The van der Waals surface area contributed by atoms with Crippen molar-refractivity contribution < 1.29 is 9.50 Å².